The van der Waals surface area contributed by atoms with Gasteiger partial charge in [0.15, 0.2) is 6.23 Å². The Morgan fingerprint density at radius 3 is 2.64 bits per heavy atom. The fourth-order valence-electron chi connectivity index (χ4n) is 4.88. The Bertz CT molecular complexity index is 1070. The smallest absolute Gasteiger partial charge is 0.336 e. The molecule has 0 amide bonds. The van der Waals surface area contributed by atoms with Crippen molar-refractivity contribution in [2.75, 3.05) is 13.2 Å². The molecule has 33 heavy (non-hydrogen) atoms. The maximum atomic E-state index is 13.5. The molecule has 8 nitrogen and oxygen atoms in total. The molecule has 8 heteroatoms. The molecule has 3 atom stereocenters. The third-order valence-corrected chi connectivity index (χ3v) is 6.10. The van der Waals surface area contributed by atoms with Gasteiger partial charge in [0.2, 0.25) is 0 Å². The largest absolute Gasteiger partial charge is 0.463 e. The standard InChI is InChI=1S/C25H30N4O4/c1-5-32-23(29-11-10-27-15-29)22-21(24(31)33-6-2)19(16-8-7-9-26-14-16)20-17(28-22)12-25(3,4)13-18(20)30/h7-11,14-15,19-20,23H,5-6,12-13H2,1-4H3. The minimum absolute atomic E-state index is 0.0790. The van der Waals surface area contributed by atoms with Crippen molar-refractivity contribution in [1.29, 1.82) is 0 Å². The van der Waals surface area contributed by atoms with Crippen LogP contribution in [0.25, 0.3) is 0 Å². The van der Waals surface area contributed by atoms with E-state index in [-0.39, 0.29) is 17.8 Å². The molecule has 0 saturated heterocycles. The molecule has 0 aromatic carbocycles. The second kappa shape index (κ2) is 9.39. The number of carbonyl (C=O) groups excluding carboxylic acids is 2. The minimum atomic E-state index is -0.676. The van der Waals surface area contributed by atoms with Crippen molar-refractivity contribution in [3.05, 3.63) is 60.1 Å². The molecule has 1 aliphatic carbocycles. The summed E-state index contributed by atoms with van der Waals surface area (Å²) in [6.07, 6.45) is 8.86. The van der Waals surface area contributed by atoms with Gasteiger partial charge in [-0.05, 0) is 37.3 Å². The Hall–Kier alpha value is -3.13. The van der Waals surface area contributed by atoms with E-state index in [1.54, 1.807) is 42.6 Å². The summed E-state index contributed by atoms with van der Waals surface area (Å²) in [5, 5.41) is 0. The molecule has 2 aliphatic rings. The highest BCUT2D eigenvalue weighted by Gasteiger charge is 2.49. The van der Waals surface area contributed by atoms with Crippen LogP contribution >= 0.6 is 0 Å². The monoisotopic (exact) mass is 450 g/mol. The number of fused-ring (bicyclic) bond motifs is 1. The van der Waals surface area contributed by atoms with Crippen LogP contribution in [0.2, 0.25) is 0 Å². The highest BCUT2D eigenvalue weighted by molar-refractivity contribution is 6.12. The average molecular weight is 451 g/mol. The number of imidazole rings is 1. The molecule has 0 bridgehead atoms. The number of Topliss-reactive ketones (excluding diaryl/α,β-unsaturated/α-hetero) is 1. The summed E-state index contributed by atoms with van der Waals surface area (Å²) in [4.78, 5) is 40.3. The summed E-state index contributed by atoms with van der Waals surface area (Å²) < 4.78 is 13.3. The lowest BCUT2D eigenvalue weighted by Gasteiger charge is -2.42. The summed E-state index contributed by atoms with van der Waals surface area (Å²) in [6.45, 7) is 8.41. The molecule has 3 heterocycles. The van der Waals surface area contributed by atoms with Gasteiger partial charge in [-0.15, -0.1) is 0 Å². The van der Waals surface area contributed by atoms with Gasteiger partial charge in [0.05, 0.1) is 24.4 Å². The fraction of sp³-hybridized carbons (Fsp3) is 0.480. The molecule has 4 rings (SSSR count). The van der Waals surface area contributed by atoms with Gasteiger partial charge in [-0.25, -0.2) is 9.78 Å². The number of aromatic nitrogens is 3. The number of esters is 1. The third-order valence-electron chi connectivity index (χ3n) is 6.10. The zero-order valence-corrected chi connectivity index (χ0v) is 19.5. The number of nitrogens with zero attached hydrogens (tertiary/aromatic N) is 4. The first-order chi connectivity index (χ1) is 15.9. The quantitative estimate of drug-likeness (QED) is 0.594. The van der Waals surface area contributed by atoms with Gasteiger partial charge in [-0.3, -0.25) is 14.8 Å². The Balaban J connectivity index is 1.99. The van der Waals surface area contributed by atoms with Gasteiger partial charge in [-0.2, -0.15) is 0 Å². The molecule has 0 radical (unpaired) electrons. The van der Waals surface area contributed by atoms with Crippen molar-refractivity contribution < 1.29 is 19.1 Å². The van der Waals surface area contributed by atoms with Gasteiger partial charge in [0, 0.05) is 49.4 Å². The van der Waals surface area contributed by atoms with Crippen LogP contribution in [0.3, 0.4) is 0 Å². The average Bonchev–Trinajstić information content (AvgIpc) is 3.30. The molecule has 0 N–H and O–H groups in total. The van der Waals surface area contributed by atoms with Crippen LogP contribution in [-0.4, -0.2) is 45.2 Å². The first-order valence-corrected chi connectivity index (χ1v) is 11.4. The molecule has 174 valence electrons. The van der Waals surface area contributed by atoms with E-state index >= 15 is 0 Å². The second-order valence-corrected chi connectivity index (χ2v) is 9.17. The van der Waals surface area contributed by atoms with Crippen molar-refractivity contribution in [3.8, 4) is 0 Å². The first kappa shape index (κ1) is 23.0. The Morgan fingerprint density at radius 2 is 2.00 bits per heavy atom. The second-order valence-electron chi connectivity index (χ2n) is 9.17. The van der Waals surface area contributed by atoms with Crippen molar-refractivity contribution in [2.45, 2.75) is 52.7 Å². The number of ether oxygens (including phenoxy) is 2. The van der Waals surface area contributed by atoms with Crippen LogP contribution in [0.15, 0.2) is 59.5 Å². The van der Waals surface area contributed by atoms with Gasteiger partial charge in [-0.1, -0.05) is 19.9 Å². The highest BCUT2D eigenvalue weighted by Crippen LogP contribution is 2.48. The van der Waals surface area contributed by atoms with E-state index in [4.69, 9.17) is 14.5 Å². The normalized spacial score (nSPS) is 23.0. The number of carbonyl (C=O) groups is 2. The summed E-state index contributed by atoms with van der Waals surface area (Å²) in [6, 6.07) is 3.72. The number of hydrogen-bond donors (Lipinski definition) is 0. The maximum absolute atomic E-state index is 13.5. The molecule has 1 aliphatic heterocycles. The van der Waals surface area contributed by atoms with Crippen molar-refractivity contribution in [1.82, 2.24) is 14.5 Å². The zero-order chi connectivity index (χ0) is 23.6. The summed E-state index contributed by atoms with van der Waals surface area (Å²) >= 11 is 0. The number of aliphatic imine (C=N–C) groups is 1. The lowest BCUT2D eigenvalue weighted by molar-refractivity contribution is -0.139. The minimum Gasteiger partial charge on any atom is -0.463 e. The van der Waals surface area contributed by atoms with E-state index in [1.165, 1.54) is 0 Å². The molecule has 0 spiro atoms. The van der Waals surface area contributed by atoms with E-state index in [0.717, 1.165) is 11.3 Å². The molecule has 3 unspecified atom stereocenters. The molecular formula is C25H30N4O4. The van der Waals surface area contributed by atoms with Crippen LogP contribution in [0, 0.1) is 11.3 Å². The van der Waals surface area contributed by atoms with E-state index in [1.807, 2.05) is 19.1 Å². The fourth-order valence-corrected chi connectivity index (χ4v) is 4.88. The maximum Gasteiger partial charge on any atom is 0.336 e. The van der Waals surface area contributed by atoms with Crippen molar-refractivity contribution >= 4 is 17.5 Å². The van der Waals surface area contributed by atoms with E-state index in [2.05, 4.69) is 23.8 Å². The van der Waals surface area contributed by atoms with E-state index < -0.39 is 24.0 Å². The van der Waals surface area contributed by atoms with E-state index in [0.29, 0.717) is 30.7 Å². The van der Waals surface area contributed by atoms with Crippen LogP contribution in [0.1, 0.15) is 58.2 Å². The number of hydrogen-bond acceptors (Lipinski definition) is 7. The van der Waals surface area contributed by atoms with E-state index in [9.17, 15) is 9.59 Å². The first-order valence-electron chi connectivity index (χ1n) is 11.4. The summed E-state index contributed by atoms with van der Waals surface area (Å²) in [7, 11) is 0. The summed E-state index contributed by atoms with van der Waals surface area (Å²) in [5.41, 5.74) is 2.15. The van der Waals surface area contributed by atoms with Crippen molar-refractivity contribution in [2.24, 2.45) is 16.3 Å². The van der Waals surface area contributed by atoms with Crippen LogP contribution in [-0.2, 0) is 19.1 Å². The summed E-state index contributed by atoms with van der Waals surface area (Å²) in [5.74, 6) is -1.49. The van der Waals surface area contributed by atoms with Gasteiger partial charge >= 0.3 is 5.97 Å². The molecular weight excluding hydrogens is 420 g/mol. The van der Waals surface area contributed by atoms with Gasteiger partial charge < -0.3 is 14.0 Å². The van der Waals surface area contributed by atoms with Crippen LogP contribution in [0.5, 0.6) is 0 Å². The topological polar surface area (TPSA) is 95.7 Å². The molecule has 1 saturated carbocycles. The number of rotatable bonds is 7. The van der Waals surface area contributed by atoms with Gasteiger partial charge in [0.25, 0.3) is 0 Å². The molecule has 1 fully saturated rings. The number of ketones is 1. The highest BCUT2D eigenvalue weighted by atomic mass is 16.5. The van der Waals surface area contributed by atoms with Crippen LogP contribution < -0.4 is 0 Å². The molecule has 2 aromatic rings. The SMILES string of the molecule is CCOC(=O)C1=C(C(OCC)n2ccnc2)N=C2CC(C)(C)CC(=O)C2C1c1cccnc1. The Labute approximate surface area is 193 Å². The predicted octanol–water partition coefficient (Wildman–Crippen LogP) is 3.87. The van der Waals surface area contributed by atoms with Crippen LogP contribution in [0.4, 0.5) is 0 Å². The van der Waals surface area contributed by atoms with Crippen molar-refractivity contribution in [3.63, 3.8) is 0 Å². The molecule has 2 aromatic heterocycles. The Morgan fingerprint density at radius 1 is 1.18 bits per heavy atom. The predicted molar refractivity (Wildman–Crippen MR) is 122 cm³/mol. The Kier molecular flexibility index (Phi) is 6.56. The lowest BCUT2D eigenvalue weighted by atomic mass is 9.63. The third kappa shape index (κ3) is 4.53. The lowest BCUT2D eigenvalue weighted by Crippen LogP contribution is -2.44. The zero-order valence-electron chi connectivity index (χ0n) is 19.5. The van der Waals surface area contributed by atoms with Gasteiger partial charge in [0.1, 0.15) is 11.5 Å². The number of pyridine rings is 1.